The van der Waals surface area contributed by atoms with Crippen LogP contribution in [0.25, 0.3) is 22.3 Å². The number of benzene rings is 2. The van der Waals surface area contributed by atoms with E-state index in [2.05, 4.69) is 53.4 Å². The number of likely N-dealkylation sites (tertiary alicyclic amines) is 2. The first-order valence-corrected chi connectivity index (χ1v) is 24.3. The number of aromatic hydroxyl groups is 1. The van der Waals surface area contributed by atoms with Crippen LogP contribution < -0.4 is 15.5 Å². The highest BCUT2D eigenvalue weighted by Gasteiger charge is 2.45. The van der Waals surface area contributed by atoms with Gasteiger partial charge in [-0.3, -0.25) is 14.5 Å². The predicted molar refractivity (Wildman–Crippen MR) is 263 cm³/mol. The van der Waals surface area contributed by atoms with Gasteiger partial charge in [0.05, 0.1) is 17.8 Å². The lowest BCUT2D eigenvalue weighted by molar-refractivity contribution is -0.142. The Kier molecular flexibility index (Phi) is 13.9. The number of aliphatic hydroxyl groups excluding tert-OH is 1. The number of nitrogens with one attached hydrogen (secondary N) is 3. The maximum atomic E-state index is 14.1. The topological polar surface area (TPSA) is 199 Å². The second kappa shape index (κ2) is 20.2. The molecule has 0 radical (unpaired) electrons. The molecule has 3 aromatic heterocycles. The number of aromatic amines is 1. The first-order chi connectivity index (χ1) is 33.2. The summed E-state index contributed by atoms with van der Waals surface area (Å²) < 4.78 is 0. The summed E-state index contributed by atoms with van der Waals surface area (Å²) in [5.41, 5.74) is 6.44. The van der Waals surface area contributed by atoms with E-state index in [0.717, 1.165) is 98.5 Å². The number of para-hydroxylation sites is 1. The number of fused-ring (bicyclic) bond motifs is 3. The number of amides is 4. The van der Waals surface area contributed by atoms with Crippen LogP contribution in [0.3, 0.4) is 0 Å². The molecule has 5 N–H and O–H groups in total. The lowest BCUT2D eigenvalue weighted by Crippen LogP contribution is -2.61. The zero-order chi connectivity index (χ0) is 48.4. The van der Waals surface area contributed by atoms with Gasteiger partial charge in [-0.25, -0.2) is 14.8 Å². The Bertz CT molecular complexity index is 2680. The van der Waals surface area contributed by atoms with Crippen LogP contribution in [-0.4, -0.2) is 156 Å². The van der Waals surface area contributed by atoms with E-state index in [1.165, 1.54) is 10.5 Å². The van der Waals surface area contributed by atoms with Crippen LogP contribution in [0.4, 0.5) is 10.7 Å². The van der Waals surface area contributed by atoms with Crippen molar-refractivity contribution in [2.24, 2.45) is 5.41 Å². The molecule has 5 aromatic rings. The van der Waals surface area contributed by atoms with Gasteiger partial charge in [-0.05, 0) is 85.6 Å². The third kappa shape index (κ3) is 10.4. The molecule has 3 fully saturated rings. The number of piperazine rings is 1. The van der Waals surface area contributed by atoms with Crippen molar-refractivity contribution in [3.05, 3.63) is 94.9 Å². The van der Waals surface area contributed by atoms with Crippen molar-refractivity contribution >= 4 is 34.8 Å². The van der Waals surface area contributed by atoms with Crippen molar-refractivity contribution in [3.63, 3.8) is 0 Å². The summed E-state index contributed by atoms with van der Waals surface area (Å²) in [6.07, 6.45) is 11.6. The largest absolute Gasteiger partial charge is 0.507 e. The molecular weight excluding hydrogens is 873 g/mol. The van der Waals surface area contributed by atoms with Crippen molar-refractivity contribution in [1.29, 1.82) is 0 Å². The number of carbonyl (C=O) groups is 3. The number of rotatable bonds is 11. The van der Waals surface area contributed by atoms with Gasteiger partial charge in [0.1, 0.15) is 17.8 Å². The van der Waals surface area contributed by atoms with E-state index in [4.69, 9.17) is 16.4 Å². The summed E-state index contributed by atoms with van der Waals surface area (Å²) >= 11 is 0. The second-order valence-electron chi connectivity index (χ2n) is 20.1. The third-order valence-corrected chi connectivity index (χ3v) is 14.5. The van der Waals surface area contributed by atoms with Gasteiger partial charge >= 0.3 is 6.03 Å². The van der Waals surface area contributed by atoms with Gasteiger partial charge in [-0.1, -0.05) is 51.0 Å². The number of H-pyrrole nitrogens is 1. The summed E-state index contributed by atoms with van der Waals surface area (Å²) in [6.45, 7) is 15.3. The van der Waals surface area contributed by atoms with Crippen molar-refractivity contribution in [3.8, 4) is 29.4 Å². The van der Waals surface area contributed by atoms with Crippen molar-refractivity contribution in [2.75, 3.05) is 70.3 Å². The zero-order valence-corrected chi connectivity index (χ0v) is 40.1. The van der Waals surface area contributed by atoms with Crippen LogP contribution in [-0.2, 0) is 22.6 Å². The van der Waals surface area contributed by atoms with Crippen LogP contribution in [0.15, 0.2) is 67.0 Å². The Morgan fingerprint density at radius 1 is 0.928 bits per heavy atom. The van der Waals surface area contributed by atoms with E-state index < -0.39 is 23.6 Å². The van der Waals surface area contributed by atoms with Crippen LogP contribution in [0, 0.1) is 17.8 Å². The molecule has 17 heteroatoms. The number of carbonyl (C=O) groups excluding carboxylic acids is 3. The predicted octanol–water partition coefficient (Wildman–Crippen LogP) is 4.43. The van der Waals surface area contributed by atoms with E-state index in [1.807, 2.05) is 63.5 Å². The number of urea groups is 1. The molecule has 0 saturated carbocycles. The fourth-order valence-corrected chi connectivity index (χ4v) is 10.4. The number of terminal acetylenes is 1. The molecule has 7 heterocycles. The Morgan fingerprint density at radius 3 is 2.30 bits per heavy atom. The molecule has 3 saturated heterocycles. The first kappa shape index (κ1) is 47.5. The molecule has 362 valence electrons. The number of aliphatic hydroxyl groups is 1. The Hall–Kier alpha value is -6.61. The summed E-state index contributed by atoms with van der Waals surface area (Å²) in [6, 6.07) is 14.4. The number of β-amino-alcohol motifs (C(OH)–C–C–N with tert-alkyl or cyclic N) is 1. The van der Waals surface area contributed by atoms with Gasteiger partial charge in [0.15, 0.2) is 5.65 Å². The molecule has 0 aliphatic carbocycles. The summed E-state index contributed by atoms with van der Waals surface area (Å²) in [5.74, 6) is 3.13. The fourth-order valence-electron chi connectivity index (χ4n) is 10.4. The maximum Gasteiger partial charge on any atom is 0.318 e. The number of phenolic OH excluding ortho intramolecular Hbond substituents is 1. The van der Waals surface area contributed by atoms with Gasteiger partial charge in [-0.15, -0.1) is 16.6 Å². The number of nitrogens with zero attached hydrogens (tertiary/aromatic N) is 9. The Balaban J connectivity index is 0.722. The number of piperidine rings is 1. The molecular formula is C52H64N12O5. The molecule has 2 aromatic carbocycles. The van der Waals surface area contributed by atoms with E-state index >= 15 is 0 Å². The molecule has 4 aliphatic heterocycles. The molecule has 0 bridgehead atoms. The van der Waals surface area contributed by atoms with Gasteiger partial charge in [0.2, 0.25) is 17.8 Å². The SMILES string of the molecule is C#Cc1ccc(CNC(=O)[C@@H]2C[C@@H](O)CN2C(=O)[C@@H](NC(=O)N2CCN(CCN3CCC(c4cnc(N5CCc6[nH]c7nnc(-c8ccccc8O)cc7c6[C@H]5C)nc4)CC3)CC2)C(C)(C)C)cc1. The molecule has 4 aliphatic rings. The van der Waals surface area contributed by atoms with Crippen LogP contribution in [0.5, 0.6) is 5.75 Å². The smallest absolute Gasteiger partial charge is 0.318 e. The number of hydrogen-bond acceptors (Lipinski definition) is 12. The van der Waals surface area contributed by atoms with Gasteiger partial charge < -0.3 is 45.4 Å². The average Bonchev–Trinajstić information content (AvgIpc) is 3.95. The Labute approximate surface area is 403 Å². The fraction of sp³-hybridized carbons (Fsp3) is 0.481. The van der Waals surface area contributed by atoms with Crippen LogP contribution in [0.2, 0.25) is 0 Å². The van der Waals surface area contributed by atoms with Crippen LogP contribution in [0.1, 0.15) is 86.9 Å². The second-order valence-corrected chi connectivity index (χ2v) is 20.1. The number of hydrogen-bond donors (Lipinski definition) is 5. The standard InChI is InChI=1S/C52H64N12O5/c1-6-34-11-13-35(14-12-34)29-53-48(67)43-27-38(65)32-64(43)49(68)46(52(3,4)5)57-51(69)62-25-23-61(24-26-62)22-21-60-18-15-36(16-19-60)37-30-54-50(55-31-37)63-20-17-41-45(33(63)2)40-28-42(58-59-47(40)56-41)39-9-7-8-10-44(39)66/h1,7-14,28,30-31,33,36,38,43,46,65-66H,15-27,29,32H2,2-5H3,(H,53,67)(H,56,59)(H,57,69)/t33-,38-,43+,46-/m1/s1. The minimum atomic E-state index is -0.899. The molecule has 0 spiro atoms. The Morgan fingerprint density at radius 2 is 1.62 bits per heavy atom. The average molecular weight is 937 g/mol. The lowest BCUT2D eigenvalue weighted by atomic mass is 9.85. The van der Waals surface area contributed by atoms with Crippen molar-refractivity contribution < 1.29 is 24.6 Å². The number of aromatic nitrogens is 5. The highest BCUT2D eigenvalue weighted by atomic mass is 16.3. The first-order valence-electron chi connectivity index (χ1n) is 24.3. The highest BCUT2D eigenvalue weighted by molar-refractivity contribution is 5.93. The number of phenols is 1. The van der Waals surface area contributed by atoms with Crippen molar-refractivity contribution in [2.45, 2.75) is 90.1 Å². The molecule has 17 nitrogen and oxygen atoms in total. The zero-order valence-electron chi connectivity index (χ0n) is 40.1. The van der Waals surface area contributed by atoms with Gasteiger partial charge in [0.25, 0.3) is 0 Å². The molecule has 4 atom stereocenters. The summed E-state index contributed by atoms with van der Waals surface area (Å²) in [7, 11) is 0. The molecule has 9 rings (SSSR count). The molecule has 69 heavy (non-hydrogen) atoms. The van der Waals surface area contributed by atoms with Crippen LogP contribution >= 0.6 is 0 Å². The van der Waals surface area contributed by atoms with E-state index in [9.17, 15) is 24.6 Å². The monoisotopic (exact) mass is 937 g/mol. The van der Waals surface area contributed by atoms with Gasteiger partial charge in [-0.2, -0.15) is 0 Å². The van der Waals surface area contributed by atoms with E-state index in [0.29, 0.717) is 36.2 Å². The van der Waals surface area contributed by atoms with Crippen molar-refractivity contribution in [1.82, 2.24) is 55.4 Å². The molecule has 0 unspecified atom stereocenters. The number of anilines is 1. The highest BCUT2D eigenvalue weighted by Crippen LogP contribution is 2.39. The minimum Gasteiger partial charge on any atom is -0.507 e. The summed E-state index contributed by atoms with van der Waals surface area (Å²) in [5, 5.41) is 36.9. The molecule has 4 amide bonds. The maximum absolute atomic E-state index is 14.1. The lowest BCUT2D eigenvalue weighted by Gasteiger charge is -2.39. The third-order valence-electron chi connectivity index (χ3n) is 14.5. The minimum absolute atomic E-state index is 0.0123. The van der Waals surface area contributed by atoms with E-state index in [1.54, 1.807) is 29.2 Å². The van der Waals surface area contributed by atoms with E-state index in [-0.39, 0.29) is 49.1 Å². The van der Waals surface area contributed by atoms with Gasteiger partial charge in [0, 0.05) is 112 Å². The quantitative estimate of drug-likeness (QED) is 0.117. The normalized spacial score (nSPS) is 20.9. The summed E-state index contributed by atoms with van der Waals surface area (Å²) in [4.78, 5) is 64.9.